The normalized spacial score (nSPS) is 11.4. The zero-order valence-corrected chi connectivity index (χ0v) is 35.7. The minimum atomic E-state index is 1.10. The lowest BCUT2D eigenvalue weighted by molar-refractivity contribution is 1.17. The lowest BCUT2D eigenvalue weighted by Crippen LogP contribution is -2.10. The summed E-state index contributed by atoms with van der Waals surface area (Å²) in [6.45, 7) is 0. The lowest BCUT2D eigenvalue weighted by atomic mass is 10.1. The Hall–Kier alpha value is -8.66. The molecule has 0 aliphatic rings. The van der Waals surface area contributed by atoms with E-state index in [1.165, 1.54) is 76.3 Å². The molecule has 0 amide bonds. The molecule has 13 rings (SSSR count). The first kappa shape index (κ1) is 38.0. The van der Waals surface area contributed by atoms with Crippen LogP contribution >= 0.6 is 0 Å². The molecule has 0 fully saturated rings. The van der Waals surface area contributed by atoms with Crippen molar-refractivity contribution in [2.24, 2.45) is 0 Å². The minimum Gasteiger partial charge on any atom is -0.310 e. The van der Waals surface area contributed by atoms with E-state index in [0.717, 1.165) is 28.4 Å². The molecule has 0 aliphatic heterocycles. The molecule has 2 aromatic heterocycles. The molecule has 0 N–H and O–H groups in total. The van der Waals surface area contributed by atoms with Crippen LogP contribution in [-0.2, 0) is 0 Å². The maximum atomic E-state index is 2.47. The van der Waals surface area contributed by atoms with Crippen molar-refractivity contribution >= 4 is 82.2 Å². The molecule has 65 heavy (non-hydrogen) atoms. The molecule has 0 atom stereocenters. The van der Waals surface area contributed by atoms with Crippen LogP contribution in [0.25, 0.3) is 87.7 Å². The zero-order valence-electron chi connectivity index (χ0n) is 35.7. The van der Waals surface area contributed by atoms with Crippen LogP contribution in [-0.4, -0.2) is 9.13 Å². The summed E-state index contributed by atoms with van der Waals surface area (Å²) in [6.07, 6.45) is 0. The van der Waals surface area contributed by atoms with Crippen molar-refractivity contribution < 1.29 is 0 Å². The Labute approximate surface area is 377 Å². The average Bonchev–Trinajstić information content (AvgIpc) is 3.91. The van der Waals surface area contributed by atoms with Crippen LogP contribution in [0.2, 0.25) is 0 Å². The summed E-state index contributed by atoms with van der Waals surface area (Å²) < 4.78 is 4.90. The van der Waals surface area contributed by atoms with Crippen molar-refractivity contribution in [3.8, 4) is 22.5 Å². The van der Waals surface area contributed by atoms with Crippen molar-refractivity contribution in [3.05, 3.63) is 261 Å². The highest BCUT2D eigenvalue weighted by molar-refractivity contribution is 6.26. The molecule has 306 valence electrons. The van der Waals surface area contributed by atoms with Crippen molar-refractivity contribution in [2.75, 3.05) is 4.90 Å². The summed E-state index contributed by atoms with van der Waals surface area (Å²) in [5.41, 5.74) is 12.8. The third-order valence-electron chi connectivity index (χ3n) is 12.7. The number of hydrogen-bond donors (Lipinski definition) is 0. The van der Waals surface area contributed by atoms with Gasteiger partial charge in [0.1, 0.15) is 0 Å². The van der Waals surface area contributed by atoms with Crippen molar-refractivity contribution in [1.82, 2.24) is 9.13 Å². The first-order valence-corrected chi connectivity index (χ1v) is 22.3. The maximum Gasteiger partial charge on any atom is 0.0641 e. The van der Waals surface area contributed by atoms with Gasteiger partial charge in [-0.25, -0.2) is 0 Å². The van der Waals surface area contributed by atoms with Gasteiger partial charge in [0.25, 0.3) is 0 Å². The Morgan fingerprint density at radius 1 is 0.262 bits per heavy atom. The van der Waals surface area contributed by atoms with E-state index in [2.05, 4.69) is 238 Å². The van der Waals surface area contributed by atoms with Gasteiger partial charge in [-0.15, -0.1) is 0 Å². The van der Waals surface area contributed by atoms with Crippen LogP contribution in [0.15, 0.2) is 261 Å². The first-order valence-electron chi connectivity index (χ1n) is 22.3. The van der Waals surface area contributed by atoms with Gasteiger partial charge >= 0.3 is 0 Å². The second-order valence-corrected chi connectivity index (χ2v) is 16.5. The van der Waals surface area contributed by atoms with E-state index < -0.39 is 0 Å². The summed E-state index contributed by atoms with van der Waals surface area (Å²) in [5, 5.41) is 9.86. The standard InChI is InChI=1S/C56H37N3.C6H6/c1-2-12-38(13-3-1)41-22-26-45(27-23-41)58-53-21-11-9-19-51(53)55-54(58)35-34-50-49-18-8-10-20-52(49)59(56(50)55)46-32-30-44(31-33-46)57(47-28-24-39-14-4-6-16-42(39)36-47)48-29-25-40-15-5-7-17-43(40)37-48;1-2-4-6-5-3-1/h1-37H;1-6H. The lowest BCUT2D eigenvalue weighted by Gasteiger charge is -2.26. The molecule has 0 aliphatic carbocycles. The molecule has 0 bridgehead atoms. The summed E-state index contributed by atoms with van der Waals surface area (Å²) in [4.78, 5) is 2.38. The predicted octanol–water partition coefficient (Wildman–Crippen LogP) is 17.0. The zero-order chi connectivity index (χ0) is 43.1. The van der Waals surface area contributed by atoms with Gasteiger partial charge in [0.2, 0.25) is 0 Å². The Balaban J connectivity index is 0.000000688. The molecule has 2 heterocycles. The van der Waals surface area contributed by atoms with Gasteiger partial charge < -0.3 is 14.0 Å². The fraction of sp³-hybridized carbons (Fsp3) is 0. The van der Waals surface area contributed by atoms with Gasteiger partial charge in [-0.3, -0.25) is 0 Å². The Morgan fingerprint density at radius 3 is 1.32 bits per heavy atom. The molecule has 3 nitrogen and oxygen atoms in total. The summed E-state index contributed by atoms with van der Waals surface area (Å²) in [7, 11) is 0. The van der Waals surface area contributed by atoms with Gasteiger partial charge in [-0.05, 0) is 112 Å². The quantitative estimate of drug-likeness (QED) is 0.163. The number of hydrogen-bond acceptors (Lipinski definition) is 1. The van der Waals surface area contributed by atoms with E-state index >= 15 is 0 Å². The minimum absolute atomic E-state index is 1.10. The monoisotopic (exact) mass is 829 g/mol. The summed E-state index contributed by atoms with van der Waals surface area (Å²) in [6, 6.07) is 93.7. The van der Waals surface area contributed by atoms with E-state index in [0.29, 0.717) is 0 Å². The molecular weight excluding hydrogens is 787 g/mol. The van der Waals surface area contributed by atoms with Crippen LogP contribution in [0.4, 0.5) is 17.1 Å². The first-order chi connectivity index (χ1) is 32.3. The fourth-order valence-corrected chi connectivity index (χ4v) is 9.70. The second-order valence-electron chi connectivity index (χ2n) is 16.5. The largest absolute Gasteiger partial charge is 0.310 e. The van der Waals surface area contributed by atoms with Crippen molar-refractivity contribution in [2.45, 2.75) is 0 Å². The van der Waals surface area contributed by atoms with Gasteiger partial charge in [-0.1, -0.05) is 182 Å². The van der Waals surface area contributed by atoms with Crippen LogP contribution in [0.5, 0.6) is 0 Å². The Bertz CT molecular complexity index is 3700. The number of anilines is 3. The number of aromatic nitrogens is 2. The molecule has 0 spiro atoms. The number of rotatable bonds is 6. The second kappa shape index (κ2) is 16.2. The van der Waals surface area contributed by atoms with Crippen LogP contribution < -0.4 is 4.90 Å². The highest BCUT2D eigenvalue weighted by Gasteiger charge is 2.21. The molecule has 0 saturated heterocycles. The molecule has 0 saturated carbocycles. The highest BCUT2D eigenvalue weighted by atomic mass is 15.1. The molecule has 3 heteroatoms. The van der Waals surface area contributed by atoms with Gasteiger partial charge in [0.05, 0.1) is 22.1 Å². The molecule has 13 aromatic rings. The Kier molecular flexibility index (Phi) is 9.50. The Morgan fingerprint density at radius 2 is 0.708 bits per heavy atom. The maximum absolute atomic E-state index is 2.47. The van der Waals surface area contributed by atoms with Crippen LogP contribution in [0.3, 0.4) is 0 Å². The van der Waals surface area contributed by atoms with Gasteiger partial charge in [-0.2, -0.15) is 0 Å². The third-order valence-corrected chi connectivity index (χ3v) is 12.7. The van der Waals surface area contributed by atoms with E-state index in [1.54, 1.807) is 0 Å². The van der Waals surface area contributed by atoms with Crippen LogP contribution in [0.1, 0.15) is 0 Å². The van der Waals surface area contributed by atoms with E-state index in [-0.39, 0.29) is 0 Å². The average molecular weight is 830 g/mol. The number of benzene rings is 11. The van der Waals surface area contributed by atoms with Crippen LogP contribution in [0, 0.1) is 0 Å². The van der Waals surface area contributed by atoms with Crippen molar-refractivity contribution in [1.29, 1.82) is 0 Å². The fourth-order valence-electron chi connectivity index (χ4n) is 9.70. The third kappa shape index (κ3) is 6.78. The van der Waals surface area contributed by atoms with Crippen molar-refractivity contribution in [3.63, 3.8) is 0 Å². The number of nitrogens with zero attached hydrogens (tertiary/aromatic N) is 3. The predicted molar refractivity (Wildman–Crippen MR) is 277 cm³/mol. The van der Waals surface area contributed by atoms with Gasteiger partial charge in [0.15, 0.2) is 0 Å². The topological polar surface area (TPSA) is 13.1 Å². The summed E-state index contributed by atoms with van der Waals surface area (Å²) in [5.74, 6) is 0. The molecule has 0 unspecified atom stereocenters. The van der Waals surface area contributed by atoms with E-state index in [9.17, 15) is 0 Å². The highest BCUT2D eigenvalue weighted by Crippen LogP contribution is 2.43. The van der Waals surface area contributed by atoms with E-state index in [1.807, 2.05) is 36.4 Å². The smallest absolute Gasteiger partial charge is 0.0641 e. The molecular formula is C62H43N3. The van der Waals surface area contributed by atoms with E-state index in [4.69, 9.17) is 0 Å². The SMILES string of the molecule is c1ccc(-c2ccc(-n3c4ccccc4c4c3ccc3c5ccccc5n(-c5ccc(N(c6ccc7ccccc7c6)c6ccc7ccccc7c6)cc5)c34)cc2)cc1.c1ccccc1. The summed E-state index contributed by atoms with van der Waals surface area (Å²) >= 11 is 0. The number of fused-ring (bicyclic) bond motifs is 9. The molecule has 0 radical (unpaired) electrons. The van der Waals surface area contributed by atoms with Gasteiger partial charge in [0, 0.05) is 50.0 Å². The number of para-hydroxylation sites is 2. The molecule has 11 aromatic carbocycles.